The first-order chi connectivity index (χ1) is 13.7. The lowest BCUT2D eigenvalue weighted by Crippen LogP contribution is -2.58. The molecule has 1 spiro atoms. The van der Waals surface area contributed by atoms with Gasteiger partial charge in [-0.25, -0.2) is 9.98 Å². The molecule has 5 rings (SSSR count). The summed E-state index contributed by atoms with van der Waals surface area (Å²) in [5, 5.41) is 0. The van der Waals surface area contributed by atoms with Gasteiger partial charge in [0.1, 0.15) is 11.2 Å². The minimum atomic E-state index is -0.506. The van der Waals surface area contributed by atoms with E-state index in [-0.39, 0.29) is 5.96 Å². The van der Waals surface area contributed by atoms with Crippen molar-refractivity contribution in [1.82, 2.24) is 4.98 Å². The van der Waals surface area contributed by atoms with Gasteiger partial charge >= 0.3 is 0 Å². The van der Waals surface area contributed by atoms with E-state index in [1.165, 1.54) is 6.42 Å². The number of nitrogens with two attached hydrogens (primary N) is 2. The van der Waals surface area contributed by atoms with Crippen LogP contribution in [0.3, 0.4) is 0 Å². The molecular formula is C21H22N6O. The van der Waals surface area contributed by atoms with Gasteiger partial charge in [-0.2, -0.15) is 4.99 Å². The monoisotopic (exact) mass is 374 g/mol. The number of aliphatic imine (C=N–C) groups is 2. The summed E-state index contributed by atoms with van der Waals surface area (Å²) in [7, 11) is 0. The van der Waals surface area contributed by atoms with E-state index in [0.717, 1.165) is 42.5 Å². The molecular weight excluding hydrogens is 352 g/mol. The SMILES string of the molecule is NC1=NC2(CCCCC2)N(c2cccc3oc(-c4ccccc4)nc23)C(N)=N1. The predicted octanol–water partition coefficient (Wildman–Crippen LogP) is 3.60. The molecule has 2 heterocycles. The van der Waals surface area contributed by atoms with Crippen LogP contribution in [-0.2, 0) is 0 Å². The van der Waals surface area contributed by atoms with Crippen molar-refractivity contribution < 1.29 is 4.42 Å². The van der Waals surface area contributed by atoms with Crippen LogP contribution in [0.5, 0.6) is 0 Å². The summed E-state index contributed by atoms with van der Waals surface area (Å²) < 4.78 is 6.04. The van der Waals surface area contributed by atoms with Gasteiger partial charge in [0.15, 0.2) is 5.58 Å². The fourth-order valence-electron chi connectivity index (χ4n) is 4.29. The van der Waals surface area contributed by atoms with Crippen molar-refractivity contribution in [3.8, 4) is 11.5 Å². The number of benzene rings is 2. The van der Waals surface area contributed by atoms with E-state index < -0.39 is 5.66 Å². The van der Waals surface area contributed by atoms with Gasteiger partial charge in [-0.1, -0.05) is 30.7 Å². The zero-order chi connectivity index (χ0) is 19.1. The molecule has 0 radical (unpaired) electrons. The van der Waals surface area contributed by atoms with E-state index in [1.807, 2.05) is 53.4 Å². The van der Waals surface area contributed by atoms with Gasteiger partial charge in [-0.15, -0.1) is 0 Å². The van der Waals surface area contributed by atoms with E-state index in [4.69, 9.17) is 25.9 Å². The molecule has 1 aliphatic carbocycles. The van der Waals surface area contributed by atoms with Crippen LogP contribution in [0.4, 0.5) is 5.69 Å². The summed E-state index contributed by atoms with van der Waals surface area (Å²) >= 11 is 0. The topological polar surface area (TPSA) is 106 Å². The smallest absolute Gasteiger partial charge is 0.227 e. The molecule has 0 atom stereocenters. The molecule has 7 heteroatoms. The Bertz CT molecular complexity index is 1080. The van der Waals surface area contributed by atoms with Crippen molar-refractivity contribution in [2.45, 2.75) is 37.8 Å². The Morgan fingerprint density at radius 1 is 0.929 bits per heavy atom. The molecule has 142 valence electrons. The zero-order valence-electron chi connectivity index (χ0n) is 15.5. The summed E-state index contributed by atoms with van der Waals surface area (Å²) in [6.07, 6.45) is 5.09. The van der Waals surface area contributed by atoms with E-state index in [9.17, 15) is 0 Å². The Balaban J connectivity index is 1.67. The first-order valence-corrected chi connectivity index (χ1v) is 9.61. The number of hydrogen-bond donors (Lipinski definition) is 2. The van der Waals surface area contributed by atoms with Gasteiger partial charge in [0.05, 0.1) is 5.69 Å². The normalized spacial score (nSPS) is 18.9. The molecule has 2 aromatic carbocycles. The molecule has 1 saturated carbocycles. The van der Waals surface area contributed by atoms with Crippen LogP contribution in [0.15, 0.2) is 62.9 Å². The molecule has 2 aliphatic rings. The van der Waals surface area contributed by atoms with Crippen molar-refractivity contribution in [1.29, 1.82) is 0 Å². The molecule has 3 aromatic rings. The average molecular weight is 374 g/mol. The molecule has 28 heavy (non-hydrogen) atoms. The number of rotatable bonds is 2. The molecule has 0 unspecified atom stereocenters. The number of para-hydroxylation sites is 1. The summed E-state index contributed by atoms with van der Waals surface area (Å²) in [5.74, 6) is 1.18. The third-order valence-electron chi connectivity index (χ3n) is 5.51. The van der Waals surface area contributed by atoms with Crippen LogP contribution in [0.25, 0.3) is 22.6 Å². The minimum Gasteiger partial charge on any atom is -0.436 e. The Kier molecular flexibility index (Phi) is 3.82. The molecule has 7 nitrogen and oxygen atoms in total. The van der Waals surface area contributed by atoms with Gasteiger partial charge < -0.3 is 15.9 Å². The highest BCUT2D eigenvalue weighted by Gasteiger charge is 2.43. The number of guanidine groups is 2. The van der Waals surface area contributed by atoms with E-state index in [1.54, 1.807) is 0 Å². The van der Waals surface area contributed by atoms with Crippen molar-refractivity contribution >= 4 is 28.7 Å². The molecule has 1 aromatic heterocycles. The summed E-state index contributed by atoms with van der Waals surface area (Å²) in [6, 6.07) is 15.7. The lowest BCUT2D eigenvalue weighted by atomic mass is 9.87. The molecule has 0 bridgehead atoms. The molecule has 1 fully saturated rings. The zero-order valence-corrected chi connectivity index (χ0v) is 15.5. The molecule has 0 amide bonds. The number of anilines is 1. The van der Waals surface area contributed by atoms with Gasteiger partial charge in [0.25, 0.3) is 0 Å². The van der Waals surface area contributed by atoms with Crippen molar-refractivity contribution in [3.05, 3.63) is 48.5 Å². The first kappa shape index (κ1) is 16.8. The van der Waals surface area contributed by atoms with E-state index in [2.05, 4.69) is 4.99 Å². The second kappa shape index (κ2) is 6.37. The largest absolute Gasteiger partial charge is 0.436 e. The fourth-order valence-corrected chi connectivity index (χ4v) is 4.29. The number of nitrogens with zero attached hydrogens (tertiary/aromatic N) is 4. The van der Waals surface area contributed by atoms with Crippen LogP contribution in [0, 0.1) is 0 Å². The van der Waals surface area contributed by atoms with Gasteiger partial charge in [-0.05, 0) is 49.9 Å². The van der Waals surface area contributed by atoms with Crippen molar-refractivity contribution in [2.24, 2.45) is 21.5 Å². The Labute approximate surface area is 162 Å². The van der Waals surface area contributed by atoms with Gasteiger partial charge in [-0.3, -0.25) is 4.90 Å². The standard InChI is InChI=1S/C21H22N6O/c22-19-25-20(23)27(21(26-19)12-5-2-6-13-21)15-10-7-11-16-17(15)24-18(28-16)14-8-3-1-4-9-14/h1,3-4,7-11H,2,5-6,12-13H2,(H4,22,23,25,26). The predicted molar refractivity (Wildman–Crippen MR) is 111 cm³/mol. The minimum absolute atomic E-state index is 0.243. The Hall–Kier alpha value is -3.35. The number of hydrogen-bond acceptors (Lipinski definition) is 7. The lowest BCUT2D eigenvalue weighted by Gasteiger charge is -2.45. The molecule has 1 aliphatic heterocycles. The van der Waals surface area contributed by atoms with Crippen LogP contribution >= 0.6 is 0 Å². The summed E-state index contributed by atoms with van der Waals surface area (Å²) in [6.45, 7) is 0. The lowest BCUT2D eigenvalue weighted by molar-refractivity contribution is 0.306. The number of fused-ring (bicyclic) bond motifs is 1. The van der Waals surface area contributed by atoms with Crippen molar-refractivity contribution in [2.75, 3.05) is 4.90 Å². The summed E-state index contributed by atoms with van der Waals surface area (Å²) in [4.78, 5) is 15.8. The summed E-state index contributed by atoms with van der Waals surface area (Å²) in [5.41, 5.74) is 15.1. The Morgan fingerprint density at radius 2 is 1.71 bits per heavy atom. The van der Waals surface area contributed by atoms with Gasteiger partial charge in [0.2, 0.25) is 17.8 Å². The molecule has 0 saturated heterocycles. The highest BCUT2D eigenvalue weighted by molar-refractivity contribution is 6.09. The second-order valence-electron chi connectivity index (χ2n) is 7.33. The fraction of sp³-hybridized carbons (Fsp3) is 0.286. The van der Waals surface area contributed by atoms with Crippen LogP contribution < -0.4 is 16.4 Å². The van der Waals surface area contributed by atoms with Crippen molar-refractivity contribution in [3.63, 3.8) is 0 Å². The first-order valence-electron chi connectivity index (χ1n) is 9.61. The number of oxazole rings is 1. The highest BCUT2D eigenvalue weighted by atomic mass is 16.3. The highest BCUT2D eigenvalue weighted by Crippen LogP contribution is 2.42. The maximum Gasteiger partial charge on any atom is 0.227 e. The molecule has 4 N–H and O–H groups in total. The van der Waals surface area contributed by atoms with Crippen LogP contribution in [0.2, 0.25) is 0 Å². The van der Waals surface area contributed by atoms with E-state index >= 15 is 0 Å². The second-order valence-corrected chi connectivity index (χ2v) is 7.33. The van der Waals surface area contributed by atoms with Crippen LogP contribution in [-0.4, -0.2) is 22.6 Å². The maximum atomic E-state index is 6.37. The third kappa shape index (κ3) is 2.62. The van der Waals surface area contributed by atoms with Gasteiger partial charge in [0, 0.05) is 5.56 Å². The maximum absolute atomic E-state index is 6.37. The van der Waals surface area contributed by atoms with Crippen LogP contribution in [0.1, 0.15) is 32.1 Å². The third-order valence-corrected chi connectivity index (χ3v) is 5.51. The van der Waals surface area contributed by atoms with E-state index in [0.29, 0.717) is 17.4 Å². The quantitative estimate of drug-likeness (QED) is 0.713. The average Bonchev–Trinajstić information content (AvgIpc) is 3.14. The Morgan fingerprint density at radius 3 is 2.50 bits per heavy atom. The number of aromatic nitrogens is 1.